The molecule has 1 aliphatic rings. The van der Waals surface area contributed by atoms with Crippen LogP contribution in [0.5, 0.6) is 5.75 Å². The Morgan fingerprint density at radius 1 is 1.26 bits per heavy atom. The van der Waals surface area contributed by atoms with Crippen molar-refractivity contribution in [3.05, 3.63) is 56.8 Å². The molecule has 6 heteroatoms. The van der Waals surface area contributed by atoms with Crippen LogP contribution < -0.4 is 4.74 Å². The second kappa shape index (κ2) is 6.30. The average Bonchev–Trinajstić information content (AvgIpc) is 2.53. The minimum Gasteiger partial charge on any atom is -0.422 e. The molecule has 3 rings (SSSR count). The number of ketones is 1. The molecule has 1 aromatic heterocycles. The number of carbonyl (C=O) groups is 2. The molecule has 23 heavy (non-hydrogen) atoms. The molecule has 1 aliphatic carbocycles. The first-order chi connectivity index (χ1) is 11.0. The number of carbonyl (C=O) groups excluding carboxylic acids is 2. The van der Waals surface area contributed by atoms with Gasteiger partial charge in [-0.3, -0.25) is 4.79 Å². The van der Waals surface area contributed by atoms with Gasteiger partial charge in [0.25, 0.3) is 0 Å². The molecule has 0 amide bonds. The van der Waals surface area contributed by atoms with Crippen LogP contribution in [0, 0.1) is 6.92 Å². The molecule has 4 nitrogen and oxygen atoms in total. The van der Waals surface area contributed by atoms with Gasteiger partial charge < -0.3 is 4.74 Å². The molecule has 2 aromatic rings. The maximum Gasteiger partial charge on any atom is 0.345 e. The van der Waals surface area contributed by atoms with E-state index in [0.29, 0.717) is 12.0 Å². The van der Waals surface area contributed by atoms with Gasteiger partial charge in [0.2, 0.25) is 0 Å². The highest BCUT2D eigenvalue weighted by Gasteiger charge is 2.25. The summed E-state index contributed by atoms with van der Waals surface area (Å²) in [5.41, 5.74) is 2.68. The Kier molecular flexibility index (Phi) is 4.37. The fourth-order valence-corrected chi connectivity index (χ4v) is 2.96. The molecule has 1 aromatic carbocycles. The molecular weight excluding hydrogens is 337 g/mol. The lowest BCUT2D eigenvalue weighted by atomic mass is 9.87. The van der Waals surface area contributed by atoms with E-state index in [1.165, 1.54) is 12.3 Å². The van der Waals surface area contributed by atoms with Gasteiger partial charge in [-0.05, 0) is 43.0 Å². The lowest BCUT2D eigenvalue weighted by Gasteiger charge is -2.20. The summed E-state index contributed by atoms with van der Waals surface area (Å²) >= 11 is 11.6. The first kappa shape index (κ1) is 16.0. The summed E-state index contributed by atoms with van der Waals surface area (Å²) in [4.78, 5) is 28.3. The molecule has 0 aliphatic heterocycles. The summed E-state index contributed by atoms with van der Waals surface area (Å²) in [6.45, 7) is 1.95. The first-order valence-electron chi connectivity index (χ1n) is 7.16. The summed E-state index contributed by atoms with van der Waals surface area (Å²) in [7, 11) is 0. The van der Waals surface area contributed by atoms with Crippen LogP contribution in [-0.4, -0.2) is 16.7 Å². The number of benzene rings is 1. The lowest BCUT2D eigenvalue weighted by Crippen LogP contribution is -2.17. The Balaban J connectivity index is 1.95. The van der Waals surface area contributed by atoms with Gasteiger partial charge in [0, 0.05) is 12.6 Å². The number of nitrogens with zero attached hydrogens (tertiary/aromatic N) is 1. The fraction of sp³-hybridized carbons (Fsp3) is 0.235. The molecule has 0 radical (unpaired) electrons. The Hall–Kier alpha value is -1.91. The van der Waals surface area contributed by atoms with Crippen molar-refractivity contribution in [2.24, 2.45) is 0 Å². The Morgan fingerprint density at radius 3 is 2.78 bits per heavy atom. The van der Waals surface area contributed by atoms with E-state index in [4.69, 9.17) is 27.9 Å². The molecule has 1 heterocycles. The second-order valence-corrected chi connectivity index (χ2v) is 6.16. The smallest absolute Gasteiger partial charge is 0.345 e. The number of halogens is 2. The molecule has 118 valence electrons. The fourth-order valence-electron chi connectivity index (χ4n) is 2.69. The van der Waals surface area contributed by atoms with Gasteiger partial charge in [-0.15, -0.1) is 0 Å². The molecular formula is C17H13Cl2NO3. The van der Waals surface area contributed by atoms with Crippen LogP contribution in [0.2, 0.25) is 10.2 Å². The number of pyridine rings is 1. The van der Waals surface area contributed by atoms with Crippen LogP contribution in [-0.2, 0) is 6.42 Å². The molecule has 0 saturated carbocycles. The summed E-state index contributed by atoms with van der Waals surface area (Å²) in [5.74, 6) is -0.336. The van der Waals surface area contributed by atoms with Gasteiger partial charge in [-0.25, -0.2) is 9.78 Å². The predicted octanol–water partition coefficient (Wildman–Crippen LogP) is 4.44. The quantitative estimate of drug-likeness (QED) is 0.457. The summed E-state index contributed by atoms with van der Waals surface area (Å²) in [6, 6.07) is 4.90. The van der Waals surface area contributed by atoms with Crippen LogP contribution in [0.1, 0.15) is 44.7 Å². The Morgan fingerprint density at radius 2 is 2.04 bits per heavy atom. The first-order valence-corrected chi connectivity index (χ1v) is 7.92. The molecule has 0 atom stereocenters. The number of hydrogen-bond acceptors (Lipinski definition) is 4. The van der Waals surface area contributed by atoms with Crippen molar-refractivity contribution in [3.8, 4) is 5.75 Å². The minimum absolute atomic E-state index is 0.00464. The predicted molar refractivity (Wildman–Crippen MR) is 87.7 cm³/mol. The van der Waals surface area contributed by atoms with Gasteiger partial charge in [-0.2, -0.15) is 0 Å². The number of Topliss-reactive ketones (excluding diaryl/α,β-unsaturated/α-hetero) is 1. The highest BCUT2D eigenvalue weighted by atomic mass is 35.5. The number of rotatable bonds is 2. The van der Waals surface area contributed by atoms with E-state index in [-0.39, 0.29) is 27.3 Å². The van der Waals surface area contributed by atoms with Gasteiger partial charge in [0.15, 0.2) is 5.78 Å². The number of aromatic nitrogens is 1. The Bertz CT molecular complexity index is 818. The van der Waals surface area contributed by atoms with E-state index in [0.717, 1.165) is 24.0 Å². The highest BCUT2D eigenvalue weighted by Crippen LogP contribution is 2.32. The molecule has 0 unspecified atom stereocenters. The van der Waals surface area contributed by atoms with Crippen molar-refractivity contribution in [3.63, 3.8) is 0 Å². The number of hydrogen-bond donors (Lipinski definition) is 0. The molecule has 0 bridgehead atoms. The zero-order valence-electron chi connectivity index (χ0n) is 12.4. The van der Waals surface area contributed by atoms with Crippen LogP contribution in [0.4, 0.5) is 0 Å². The number of ether oxygens (including phenoxy) is 1. The van der Waals surface area contributed by atoms with Crippen molar-refractivity contribution < 1.29 is 14.3 Å². The highest BCUT2D eigenvalue weighted by molar-refractivity contribution is 6.41. The SMILES string of the molecule is Cc1ccc(OC(=O)c2cnc(Cl)c(Cl)c2)c2c1CCCC2=O. The minimum atomic E-state index is -0.625. The van der Waals surface area contributed by atoms with E-state index in [2.05, 4.69) is 4.98 Å². The van der Waals surface area contributed by atoms with E-state index < -0.39 is 5.97 Å². The summed E-state index contributed by atoms with van der Waals surface area (Å²) < 4.78 is 5.42. The topological polar surface area (TPSA) is 56.3 Å². The van der Waals surface area contributed by atoms with Crippen LogP contribution in [0.15, 0.2) is 24.4 Å². The van der Waals surface area contributed by atoms with Crippen molar-refractivity contribution in [2.75, 3.05) is 0 Å². The maximum atomic E-state index is 12.3. The van der Waals surface area contributed by atoms with Crippen molar-refractivity contribution >= 4 is 35.0 Å². The summed E-state index contributed by atoms with van der Waals surface area (Å²) in [6.07, 6.45) is 3.39. The van der Waals surface area contributed by atoms with Crippen LogP contribution in [0.25, 0.3) is 0 Å². The average molecular weight is 350 g/mol. The third-order valence-electron chi connectivity index (χ3n) is 3.85. The maximum absolute atomic E-state index is 12.3. The van der Waals surface area contributed by atoms with E-state index >= 15 is 0 Å². The number of aryl methyl sites for hydroxylation is 1. The number of fused-ring (bicyclic) bond motifs is 1. The normalized spacial score (nSPS) is 13.6. The van der Waals surface area contributed by atoms with Gasteiger partial charge in [-0.1, -0.05) is 29.3 Å². The van der Waals surface area contributed by atoms with Gasteiger partial charge in [0.1, 0.15) is 10.9 Å². The summed E-state index contributed by atoms with van der Waals surface area (Å²) in [5, 5.41) is 0.286. The van der Waals surface area contributed by atoms with E-state index in [9.17, 15) is 9.59 Å². The molecule has 0 fully saturated rings. The second-order valence-electron chi connectivity index (χ2n) is 5.40. The third-order valence-corrected chi connectivity index (χ3v) is 4.54. The molecule has 0 N–H and O–H groups in total. The third kappa shape index (κ3) is 3.09. The molecule has 0 spiro atoms. The largest absolute Gasteiger partial charge is 0.422 e. The van der Waals surface area contributed by atoms with Crippen molar-refractivity contribution in [1.82, 2.24) is 4.98 Å². The van der Waals surface area contributed by atoms with Gasteiger partial charge >= 0.3 is 5.97 Å². The molecule has 0 saturated heterocycles. The Labute approximate surface area is 143 Å². The lowest BCUT2D eigenvalue weighted by molar-refractivity contribution is 0.0731. The zero-order chi connectivity index (χ0) is 16.6. The standard InChI is InChI=1S/C17H13Cl2NO3/c1-9-5-6-14(15-11(9)3-2-4-13(15)21)23-17(22)10-7-12(18)16(19)20-8-10/h5-8H,2-4H2,1H3. The zero-order valence-corrected chi connectivity index (χ0v) is 13.9. The van der Waals surface area contributed by atoms with E-state index in [1.54, 1.807) is 6.07 Å². The van der Waals surface area contributed by atoms with Crippen LogP contribution in [0.3, 0.4) is 0 Å². The number of esters is 1. The monoisotopic (exact) mass is 349 g/mol. The van der Waals surface area contributed by atoms with E-state index in [1.807, 2.05) is 13.0 Å². The van der Waals surface area contributed by atoms with Crippen LogP contribution >= 0.6 is 23.2 Å². The van der Waals surface area contributed by atoms with Crippen molar-refractivity contribution in [1.29, 1.82) is 0 Å². The van der Waals surface area contributed by atoms with Crippen molar-refractivity contribution in [2.45, 2.75) is 26.2 Å². The van der Waals surface area contributed by atoms with Gasteiger partial charge in [0.05, 0.1) is 16.1 Å².